The predicted octanol–water partition coefficient (Wildman–Crippen LogP) is 4.43. The average molecular weight is 428 g/mol. The third-order valence-corrected chi connectivity index (χ3v) is 5.53. The van der Waals surface area contributed by atoms with E-state index in [1.165, 1.54) is 0 Å². The van der Waals surface area contributed by atoms with Gasteiger partial charge in [0.1, 0.15) is 11.5 Å². The van der Waals surface area contributed by atoms with Gasteiger partial charge in [0.2, 0.25) is 11.7 Å². The van der Waals surface area contributed by atoms with Gasteiger partial charge in [-0.2, -0.15) is 4.98 Å². The van der Waals surface area contributed by atoms with Gasteiger partial charge in [-0.1, -0.05) is 28.9 Å². The molecule has 0 N–H and O–H groups in total. The number of hydrogen-bond acceptors (Lipinski definition) is 6. The van der Waals surface area contributed by atoms with Crippen LogP contribution in [0.3, 0.4) is 0 Å². The Morgan fingerprint density at radius 2 is 1.93 bits per heavy atom. The largest absolute Gasteiger partial charge is 0.497 e. The number of nitrogens with zero attached hydrogens (tertiary/aromatic N) is 3. The summed E-state index contributed by atoms with van der Waals surface area (Å²) in [6, 6.07) is 12.6. The number of benzene rings is 2. The van der Waals surface area contributed by atoms with Crippen molar-refractivity contribution in [2.24, 2.45) is 0 Å². The van der Waals surface area contributed by atoms with Gasteiger partial charge >= 0.3 is 0 Å². The highest BCUT2D eigenvalue weighted by molar-refractivity contribution is 6.30. The molecule has 1 saturated heterocycles. The Bertz CT molecular complexity index is 1040. The minimum atomic E-state index is -0.0573. The summed E-state index contributed by atoms with van der Waals surface area (Å²) >= 11 is 6.05. The molecule has 4 rings (SSSR count). The summed E-state index contributed by atoms with van der Waals surface area (Å²) in [4.78, 5) is 19.4. The Kier molecular flexibility index (Phi) is 5.90. The number of likely N-dealkylation sites (tertiary alicyclic amines) is 1. The topological polar surface area (TPSA) is 77.7 Å². The first kappa shape index (κ1) is 20.2. The van der Waals surface area contributed by atoms with Gasteiger partial charge in [-0.15, -0.1) is 0 Å². The summed E-state index contributed by atoms with van der Waals surface area (Å²) < 4.78 is 16.1. The fourth-order valence-corrected chi connectivity index (χ4v) is 3.81. The van der Waals surface area contributed by atoms with Crippen molar-refractivity contribution in [3.05, 3.63) is 58.9 Å². The molecule has 3 aromatic rings. The number of rotatable bonds is 5. The van der Waals surface area contributed by atoms with Crippen LogP contribution in [0.1, 0.15) is 35.0 Å². The second-order valence-electron chi connectivity index (χ2n) is 7.10. The molecule has 0 atom stereocenters. The standard InChI is InChI=1S/C22H22ClN3O4/c1-28-17-6-7-18(19(13-17)29-2)22(27)26-10-8-14(9-11-26)21-24-20(25-30-21)15-4-3-5-16(23)12-15/h3-7,12-14H,8-11H2,1-2H3. The molecular formula is C22H22ClN3O4. The fourth-order valence-electron chi connectivity index (χ4n) is 3.62. The zero-order valence-electron chi connectivity index (χ0n) is 16.8. The molecule has 0 radical (unpaired) electrons. The van der Waals surface area contributed by atoms with Crippen molar-refractivity contribution in [3.63, 3.8) is 0 Å². The minimum absolute atomic E-state index is 0.0573. The van der Waals surface area contributed by atoms with E-state index in [2.05, 4.69) is 10.1 Å². The summed E-state index contributed by atoms with van der Waals surface area (Å²) in [5, 5.41) is 4.71. The third-order valence-electron chi connectivity index (χ3n) is 5.30. The van der Waals surface area contributed by atoms with Crippen LogP contribution < -0.4 is 9.47 Å². The number of amides is 1. The molecule has 8 heteroatoms. The molecule has 0 bridgehead atoms. The van der Waals surface area contributed by atoms with Crippen molar-refractivity contribution in [2.75, 3.05) is 27.3 Å². The lowest BCUT2D eigenvalue weighted by atomic mass is 9.96. The molecule has 156 valence electrons. The van der Waals surface area contributed by atoms with Crippen LogP contribution in [-0.2, 0) is 0 Å². The summed E-state index contributed by atoms with van der Waals surface area (Å²) in [6.45, 7) is 1.21. The van der Waals surface area contributed by atoms with Gasteiger partial charge in [-0.3, -0.25) is 4.79 Å². The second kappa shape index (κ2) is 8.75. The van der Waals surface area contributed by atoms with Gasteiger partial charge in [-0.05, 0) is 37.1 Å². The van der Waals surface area contributed by atoms with E-state index in [0.29, 0.717) is 46.9 Å². The highest BCUT2D eigenvalue weighted by Crippen LogP contribution is 2.31. The molecular weight excluding hydrogens is 406 g/mol. The Morgan fingerprint density at radius 1 is 1.13 bits per heavy atom. The van der Waals surface area contributed by atoms with Crippen LogP contribution in [0.4, 0.5) is 0 Å². The molecule has 7 nitrogen and oxygen atoms in total. The summed E-state index contributed by atoms with van der Waals surface area (Å²) in [7, 11) is 3.13. The SMILES string of the molecule is COc1ccc(C(=O)N2CCC(c3nc(-c4cccc(Cl)c4)no3)CC2)c(OC)c1. The maximum absolute atomic E-state index is 13.0. The molecule has 1 aliphatic heterocycles. The van der Waals surface area contributed by atoms with Crippen LogP contribution in [-0.4, -0.2) is 48.3 Å². The Hall–Kier alpha value is -3.06. The van der Waals surface area contributed by atoms with Crippen molar-refractivity contribution in [1.82, 2.24) is 15.0 Å². The number of ether oxygens (including phenoxy) is 2. The van der Waals surface area contributed by atoms with Crippen LogP contribution in [0.15, 0.2) is 47.0 Å². The van der Waals surface area contributed by atoms with Crippen molar-refractivity contribution >= 4 is 17.5 Å². The van der Waals surface area contributed by atoms with Crippen molar-refractivity contribution in [3.8, 4) is 22.9 Å². The number of halogens is 1. The van der Waals surface area contributed by atoms with Gasteiger partial charge in [0, 0.05) is 35.7 Å². The lowest BCUT2D eigenvalue weighted by Gasteiger charge is -2.30. The number of piperidine rings is 1. The average Bonchev–Trinajstić information content (AvgIpc) is 3.28. The number of aromatic nitrogens is 2. The van der Waals surface area contributed by atoms with Gasteiger partial charge in [-0.25, -0.2) is 0 Å². The zero-order valence-corrected chi connectivity index (χ0v) is 17.6. The van der Waals surface area contributed by atoms with E-state index in [1.807, 2.05) is 17.0 Å². The van der Waals surface area contributed by atoms with Crippen LogP contribution in [0.5, 0.6) is 11.5 Å². The molecule has 0 aliphatic carbocycles. The van der Waals surface area contributed by atoms with E-state index < -0.39 is 0 Å². The van der Waals surface area contributed by atoms with Crippen LogP contribution in [0, 0.1) is 0 Å². The smallest absolute Gasteiger partial charge is 0.257 e. The van der Waals surface area contributed by atoms with Gasteiger partial charge in [0.15, 0.2) is 0 Å². The summed E-state index contributed by atoms with van der Waals surface area (Å²) in [5.74, 6) is 2.33. The van der Waals surface area contributed by atoms with Gasteiger partial charge in [0.05, 0.1) is 19.8 Å². The number of carbonyl (C=O) groups is 1. The van der Waals surface area contributed by atoms with Crippen LogP contribution >= 0.6 is 11.6 Å². The molecule has 0 saturated carbocycles. The molecule has 30 heavy (non-hydrogen) atoms. The highest BCUT2D eigenvalue weighted by Gasteiger charge is 2.29. The lowest BCUT2D eigenvalue weighted by Crippen LogP contribution is -2.38. The Balaban J connectivity index is 1.43. The molecule has 0 spiro atoms. The quantitative estimate of drug-likeness (QED) is 0.599. The normalized spacial score (nSPS) is 14.6. The van der Waals surface area contributed by atoms with Gasteiger partial charge in [0.25, 0.3) is 5.91 Å². The van der Waals surface area contributed by atoms with E-state index in [9.17, 15) is 4.79 Å². The van der Waals surface area contributed by atoms with E-state index in [4.69, 9.17) is 25.6 Å². The molecule has 1 amide bonds. The molecule has 2 heterocycles. The van der Waals surface area contributed by atoms with E-state index >= 15 is 0 Å². The summed E-state index contributed by atoms with van der Waals surface area (Å²) in [5.41, 5.74) is 1.34. The first-order valence-corrected chi connectivity index (χ1v) is 10.1. The fraction of sp³-hybridized carbons (Fsp3) is 0.318. The lowest BCUT2D eigenvalue weighted by molar-refractivity contribution is 0.0701. The first-order chi connectivity index (χ1) is 14.6. The molecule has 1 aromatic heterocycles. The van der Waals surface area contributed by atoms with Crippen molar-refractivity contribution < 1.29 is 18.8 Å². The Labute approximate surface area is 179 Å². The van der Waals surface area contributed by atoms with E-state index in [0.717, 1.165) is 18.4 Å². The van der Waals surface area contributed by atoms with Crippen LogP contribution in [0.25, 0.3) is 11.4 Å². The second-order valence-corrected chi connectivity index (χ2v) is 7.54. The molecule has 0 unspecified atom stereocenters. The van der Waals surface area contributed by atoms with Gasteiger partial charge < -0.3 is 18.9 Å². The minimum Gasteiger partial charge on any atom is -0.497 e. The maximum Gasteiger partial charge on any atom is 0.257 e. The third kappa shape index (κ3) is 4.11. The van der Waals surface area contributed by atoms with Crippen molar-refractivity contribution in [1.29, 1.82) is 0 Å². The molecule has 1 aliphatic rings. The highest BCUT2D eigenvalue weighted by atomic mass is 35.5. The monoisotopic (exact) mass is 427 g/mol. The first-order valence-electron chi connectivity index (χ1n) is 9.70. The maximum atomic E-state index is 13.0. The number of carbonyl (C=O) groups excluding carboxylic acids is 1. The van der Waals surface area contributed by atoms with E-state index in [-0.39, 0.29) is 11.8 Å². The molecule has 1 fully saturated rings. The van der Waals surface area contributed by atoms with Crippen molar-refractivity contribution in [2.45, 2.75) is 18.8 Å². The molecule has 2 aromatic carbocycles. The summed E-state index contributed by atoms with van der Waals surface area (Å²) in [6.07, 6.45) is 1.50. The number of methoxy groups -OCH3 is 2. The van der Waals surface area contributed by atoms with E-state index in [1.54, 1.807) is 44.6 Å². The van der Waals surface area contributed by atoms with Crippen LogP contribution in [0.2, 0.25) is 5.02 Å². The predicted molar refractivity (Wildman–Crippen MR) is 112 cm³/mol. The zero-order chi connectivity index (χ0) is 21.1. The number of hydrogen-bond donors (Lipinski definition) is 0. The Morgan fingerprint density at radius 3 is 2.63 bits per heavy atom.